The largest absolute Gasteiger partial charge is 0.494 e. The molecule has 2 amide bonds. The van der Waals surface area contributed by atoms with Crippen LogP contribution in [0.3, 0.4) is 0 Å². The van der Waals surface area contributed by atoms with Gasteiger partial charge in [0.15, 0.2) is 0 Å². The van der Waals surface area contributed by atoms with Gasteiger partial charge >= 0.3 is 6.03 Å². The first-order chi connectivity index (χ1) is 11.7. The van der Waals surface area contributed by atoms with Gasteiger partial charge in [-0.05, 0) is 37.5 Å². The standard InChI is InChI=1S/C19H24N2O3/c1-2-24-17-11-6-10-16(14-17)20-19(23)21-18(12-7-13-22)15-8-4-3-5-9-15/h3-6,8-11,14,18,22H,2,7,12-13H2,1H3,(H2,20,21,23). The molecule has 2 rings (SSSR count). The van der Waals surface area contributed by atoms with E-state index in [1.54, 1.807) is 6.07 Å². The molecule has 0 aliphatic rings. The molecule has 1 atom stereocenters. The van der Waals surface area contributed by atoms with Gasteiger partial charge in [0.05, 0.1) is 12.6 Å². The molecule has 0 fully saturated rings. The Bertz CT molecular complexity index is 632. The first-order valence-corrected chi connectivity index (χ1v) is 8.19. The number of amides is 2. The van der Waals surface area contributed by atoms with Gasteiger partial charge in [0.1, 0.15) is 5.75 Å². The van der Waals surface area contributed by atoms with Crippen molar-refractivity contribution >= 4 is 11.7 Å². The fourth-order valence-electron chi connectivity index (χ4n) is 2.46. The van der Waals surface area contributed by atoms with Crippen LogP contribution >= 0.6 is 0 Å². The fourth-order valence-corrected chi connectivity index (χ4v) is 2.46. The molecule has 0 saturated carbocycles. The van der Waals surface area contributed by atoms with E-state index in [-0.39, 0.29) is 18.7 Å². The van der Waals surface area contributed by atoms with Crippen LogP contribution in [-0.2, 0) is 0 Å². The molecular formula is C19H24N2O3. The number of rotatable bonds is 8. The van der Waals surface area contributed by atoms with E-state index in [1.807, 2.05) is 55.5 Å². The molecule has 2 aromatic rings. The molecule has 0 aromatic heterocycles. The van der Waals surface area contributed by atoms with Crippen LogP contribution in [0.2, 0.25) is 0 Å². The molecule has 0 aliphatic carbocycles. The van der Waals surface area contributed by atoms with Crippen LogP contribution in [0.1, 0.15) is 31.4 Å². The number of hydrogen-bond donors (Lipinski definition) is 3. The van der Waals surface area contributed by atoms with Gasteiger partial charge in [-0.3, -0.25) is 0 Å². The lowest BCUT2D eigenvalue weighted by atomic mass is 10.0. The van der Waals surface area contributed by atoms with Crippen LogP contribution in [0.5, 0.6) is 5.75 Å². The molecule has 24 heavy (non-hydrogen) atoms. The zero-order valence-electron chi connectivity index (χ0n) is 13.9. The van der Waals surface area contributed by atoms with Crippen LogP contribution in [0, 0.1) is 0 Å². The zero-order chi connectivity index (χ0) is 17.2. The van der Waals surface area contributed by atoms with Gasteiger partial charge in [0.25, 0.3) is 0 Å². The lowest BCUT2D eigenvalue weighted by molar-refractivity contribution is 0.244. The van der Waals surface area contributed by atoms with E-state index in [2.05, 4.69) is 10.6 Å². The van der Waals surface area contributed by atoms with Gasteiger partial charge in [0.2, 0.25) is 0 Å². The molecule has 0 aliphatic heterocycles. The summed E-state index contributed by atoms with van der Waals surface area (Å²) in [7, 11) is 0. The quantitative estimate of drug-likeness (QED) is 0.691. The Morgan fingerprint density at radius 3 is 2.67 bits per heavy atom. The number of hydrogen-bond acceptors (Lipinski definition) is 3. The highest BCUT2D eigenvalue weighted by atomic mass is 16.5. The number of carbonyl (C=O) groups excluding carboxylic acids is 1. The number of urea groups is 1. The molecule has 5 nitrogen and oxygen atoms in total. The summed E-state index contributed by atoms with van der Waals surface area (Å²) in [6.07, 6.45) is 1.30. The minimum atomic E-state index is -0.282. The van der Waals surface area contributed by atoms with Crippen LogP contribution in [-0.4, -0.2) is 24.4 Å². The Morgan fingerprint density at radius 1 is 1.17 bits per heavy atom. The highest BCUT2D eigenvalue weighted by Gasteiger charge is 2.14. The predicted molar refractivity (Wildman–Crippen MR) is 95.3 cm³/mol. The maximum atomic E-state index is 12.3. The molecule has 2 aromatic carbocycles. The van der Waals surface area contributed by atoms with Crippen LogP contribution in [0.15, 0.2) is 54.6 Å². The summed E-state index contributed by atoms with van der Waals surface area (Å²) in [6, 6.07) is 16.6. The summed E-state index contributed by atoms with van der Waals surface area (Å²) in [4.78, 5) is 12.3. The lowest BCUT2D eigenvalue weighted by Gasteiger charge is -2.19. The van der Waals surface area contributed by atoms with Crippen molar-refractivity contribution in [3.8, 4) is 5.75 Å². The van der Waals surface area contributed by atoms with Crippen LogP contribution < -0.4 is 15.4 Å². The summed E-state index contributed by atoms with van der Waals surface area (Å²) >= 11 is 0. The second-order valence-electron chi connectivity index (χ2n) is 5.39. The summed E-state index contributed by atoms with van der Waals surface area (Å²) < 4.78 is 5.43. The predicted octanol–water partition coefficient (Wildman–Crippen LogP) is 3.72. The number of ether oxygens (including phenoxy) is 1. The summed E-state index contributed by atoms with van der Waals surface area (Å²) in [5.74, 6) is 0.718. The third-order valence-electron chi connectivity index (χ3n) is 3.56. The maximum absolute atomic E-state index is 12.3. The third-order valence-corrected chi connectivity index (χ3v) is 3.56. The average molecular weight is 328 g/mol. The van der Waals surface area contributed by atoms with Crippen molar-refractivity contribution in [1.82, 2.24) is 5.32 Å². The summed E-state index contributed by atoms with van der Waals surface area (Å²) in [5, 5.41) is 14.9. The molecule has 3 N–H and O–H groups in total. The topological polar surface area (TPSA) is 70.6 Å². The maximum Gasteiger partial charge on any atom is 0.319 e. The number of aliphatic hydroxyl groups is 1. The van der Waals surface area contributed by atoms with Crippen molar-refractivity contribution < 1.29 is 14.6 Å². The van der Waals surface area contributed by atoms with Crippen LogP contribution in [0.25, 0.3) is 0 Å². The Labute approximate surface area is 142 Å². The molecule has 0 radical (unpaired) electrons. The van der Waals surface area contributed by atoms with E-state index in [0.29, 0.717) is 25.1 Å². The molecular weight excluding hydrogens is 304 g/mol. The summed E-state index contributed by atoms with van der Waals surface area (Å²) in [5.41, 5.74) is 1.69. The van der Waals surface area contributed by atoms with Crippen molar-refractivity contribution in [3.05, 3.63) is 60.2 Å². The van der Waals surface area contributed by atoms with Gasteiger partial charge in [-0.15, -0.1) is 0 Å². The van der Waals surface area contributed by atoms with E-state index in [0.717, 1.165) is 11.3 Å². The molecule has 0 bridgehead atoms. The van der Waals surface area contributed by atoms with Gasteiger partial charge in [-0.1, -0.05) is 36.4 Å². The Hall–Kier alpha value is -2.53. The van der Waals surface area contributed by atoms with Crippen LogP contribution in [0.4, 0.5) is 10.5 Å². The fraction of sp³-hybridized carbons (Fsp3) is 0.316. The molecule has 0 saturated heterocycles. The SMILES string of the molecule is CCOc1cccc(NC(=O)NC(CCCO)c2ccccc2)c1. The Kier molecular flexibility index (Phi) is 7.11. The third kappa shape index (κ3) is 5.59. The van der Waals surface area contributed by atoms with E-state index >= 15 is 0 Å². The zero-order valence-corrected chi connectivity index (χ0v) is 13.9. The first-order valence-electron chi connectivity index (χ1n) is 8.19. The van der Waals surface area contributed by atoms with Gasteiger partial charge in [-0.2, -0.15) is 0 Å². The normalized spacial score (nSPS) is 11.6. The van der Waals surface area contributed by atoms with E-state index in [9.17, 15) is 4.79 Å². The molecule has 5 heteroatoms. The lowest BCUT2D eigenvalue weighted by Crippen LogP contribution is -2.32. The number of benzene rings is 2. The smallest absolute Gasteiger partial charge is 0.319 e. The van der Waals surface area contributed by atoms with Crippen molar-refractivity contribution in [2.24, 2.45) is 0 Å². The minimum Gasteiger partial charge on any atom is -0.494 e. The number of nitrogens with one attached hydrogen (secondary N) is 2. The number of carbonyl (C=O) groups is 1. The first kappa shape index (κ1) is 17.8. The van der Waals surface area contributed by atoms with Gasteiger partial charge in [0, 0.05) is 18.4 Å². The minimum absolute atomic E-state index is 0.100. The van der Waals surface area contributed by atoms with Crippen molar-refractivity contribution in [2.75, 3.05) is 18.5 Å². The van der Waals surface area contributed by atoms with Crippen molar-refractivity contribution in [2.45, 2.75) is 25.8 Å². The molecule has 0 heterocycles. The Balaban J connectivity index is 2.00. The van der Waals surface area contributed by atoms with Crippen molar-refractivity contribution in [3.63, 3.8) is 0 Å². The van der Waals surface area contributed by atoms with Gasteiger partial charge < -0.3 is 20.5 Å². The van der Waals surface area contributed by atoms with E-state index in [4.69, 9.17) is 9.84 Å². The van der Waals surface area contributed by atoms with E-state index in [1.165, 1.54) is 0 Å². The summed E-state index contributed by atoms with van der Waals surface area (Å²) in [6.45, 7) is 2.59. The second-order valence-corrected chi connectivity index (χ2v) is 5.39. The second kappa shape index (κ2) is 9.57. The monoisotopic (exact) mass is 328 g/mol. The molecule has 128 valence electrons. The number of anilines is 1. The van der Waals surface area contributed by atoms with Gasteiger partial charge in [-0.25, -0.2) is 4.79 Å². The molecule has 0 spiro atoms. The molecule has 1 unspecified atom stereocenters. The average Bonchev–Trinajstić information content (AvgIpc) is 2.60. The van der Waals surface area contributed by atoms with E-state index < -0.39 is 0 Å². The Morgan fingerprint density at radius 2 is 1.96 bits per heavy atom. The van der Waals surface area contributed by atoms with Crippen molar-refractivity contribution in [1.29, 1.82) is 0 Å². The highest BCUT2D eigenvalue weighted by Crippen LogP contribution is 2.20. The number of aliphatic hydroxyl groups excluding tert-OH is 1. The highest BCUT2D eigenvalue weighted by molar-refractivity contribution is 5.89.